The molecule has 3 rings (SSSR count). The van der Waals surface area contributed by atoms with E-state index in [1.807, 2.05) is 18.2 Å². The van der Waals surface area contributed by atoms with E-state index in [1.165, 1.54) is 30.2 Å². The highest BCUT2D eigenvalue weighted by Gasteiger charge is 2.26. The van der Waals surface area contributed by atoms with Gasteiger partial charge in [-0.05, 0) is 42.3 Å². The first kappa shape index (κ1) is 31.8. The summed E-state index contributed by atoms with van der Waals surface area (Å²) in [5.74, 6) is -0.515. The lowest BCUT2D eigenvalue weighted by Crippen LogP contribution is -2.48. The Morgan fingerprint density at radius 2 is 1.61 bits per heavy atom. The molecule has 0 radical (unpaired) electrons. The number of ether oxygens (including phenoxy) is 4. The van der Waals surface area contributed by atoms with E-state index in [0.717, 1.165) is 31.2 Å². The first-order chi connectivity index (χ1) is 19.8. The highest BCUT2D eigenvalue weighted by molar-refractivity contribution is 6.30. The summed E-state index contributed by atoms with van der Waals surface area (Å²) in [6.07, 6.45) is 0.394. The zero-order valence-corrected chi connectivity index (χ0v) is 23.5. The molecule has 0 aliphatic carbocycles. The van der Waals surface area contributed by atoms with Crippen LogP contribution < -0.4 is 0 Å². The van der Waals surface area contributed by atoms with E-state index in [-0.39, 0.29) is 25.9 Å². The normalized spacial score (nSPS) is 15.7. The Balaban J connectivity index is 1.28. The Bertz CT molecular complexity index is 1130. The van der Waals surface area contributed by atoms with E-state index in [0.29, 0.717) is 13.2 Å². The number of benzene rings is 2. The Hall–Kier alpha value is -3.71. The first-order valence-corrected chi connectivity index (χ1v) is 13.5. The van der Waals surface area contributed by atoms with E-state index < -0.39 is 23.5 Å². The van der Waals surface area contributed by atoms with Crippen molar-refractivity contribution >= 4 is 23.7 Å². The van der Waals surface area contributed by atoms with Crippen molar-refractivity contribution in [3.05, 3.63) is 93.0 Å². The van der Waals surface area contributed by atoms with Gasteiger partial charge in [-0.1, -0.05) is 54.1 Å². The van der Waals surface area contributed by atoms with Gasteiger partial charge in [0.15, 0.2) is 0 Å². The van der Waals surface area contributed by atoms with Crippen LogP contribution in [-0.4, -0.2) is 92.5 Å². The number of hydrogen-bond acceptors (Lipinski definition) is 11. The topological polar surface area (TPSA) is 130 Å². The van der Waals surface area contributed by atoms with E-state index >= 15 is 0 Å². The Morgan fingerprint density at radius 1 is 0.976 bits per heavy atom. The molecule has 12 nitrogen and oxygen atoms in total. The molecule has 2 aromatic carbocycles. The number of piperazine rings is 1. The second-order valence-electron chi connectivity index (χ2n) is 9.02. The predicted molar refractivity (Wildman–Crippen MR) is 149 cm³/mol. The predicted octanol–water partition coefficient (Wildman–Crippen LogP) is 3.87. The van der Waals surface area contributed by atoms with Gasteiger partial charge in [0, 0.05) is 37.7 Å². The number of esters is 1. The van der Waals surface area contributed by atoms with Crippen LogP contribution in [0, 0.1) is 10.1 Å². The number of hydrogen-bond donors (Lipinski definition) is 0. The van der Waals surface area contributed by atoms with Gasteiger partial charge >= 0.3 is 12.1 Å². The average molecular weight is 592 g/mol. The molecule has 41 heavy (non-hydrogen) atoms. The smallest absolute Gasteiger partial charge is 0.460 e. The molecule has 1 aliphatic heterocycles. The molecular weight excluding hydrogens is 558 g/mol. The van der Waals surface area contributed by atoms with Gasteiger partial charge in [0.1, 0.15) is 19.8 Å². The van der Waals surface area contributed by atoms with E-state index in [9.17, 15) is 19.7 Å². The van der Waals surface area contributed by atoms with Gasteiger partial charge in [-0.25, -0.2) is 9.59 Å². The molecule has 0 amide bonds. The van der Waals surface area contributed by atoms with Gasteiger partial charge in [-0.15, -0.1) is 10.1 Å². The van der Waals surface area contributed by atoms with Crippen molar-refractivity contribution in [2.24, 2.45) is 0 Å². The summed E-state index contributed by atoms with van der Waals surface area (Å²) in [6.45, 7) is 5.46. The zero-order valence-electron chi connectivity index (χ0n) is 22.8. The average Bonchev–Trinajstić information content (AvgIpc) is 2.95. The van der Waals surface area contributed by atoms with Crippen LogP contribution in [0.15, 0.2) is 66.7 Å². The monoisotopic (exact) mass is 591 g/mol. The van der Waals surface area contributed by atoms with Crippen molar-refractivity contribution in [2.75, 3.05) is 59.2 Å². The van der Waals surface area contributed by atoms with Gasteiger partial charge in [0.2, 0.25) is 6.29 Å². The fourth-order valence-electron chi connectivity index (χ4n) is 4.24. The van der Waals surface area contributed by atoms with E-state index in [4.69, 9.17) is 21.1 Å². The molecule has 2 aromatic rings. The van der Waals surface area contributed by atoms with Crippen LogP contribution in [0.5, 0.6) is 0 Å². The summed E-state index contributed by atoms with van der Waals surface area (Å²) in [5.41, 5.74) is 2.45. The Labute approximate surface area is 243 Å². The lowest BCUT2D eigenvalue weighted by atomic mass is 9.96. The van der Waals surface area contributed by atoms with Gasteiger partial charge in [0.05, 0.1) is 12.6 Å². The summed E-state index contributed by atoms with van der Waals surface area (Å²) in [7, 11) is 0. The van der Waals surface area contributed by atoms with Crippen LogP contribution in [0.1, 0.15) is 24.1 Å². The molecule has 2 atom stereocenters. The third-order valence-corrected chi connectivity index (χ3v) is 6.40. The molecule has 0 aromatic heterocycles. The number of nitrogens with zero attached hydrogens (tertiary/aromatic N) is 3. The summed E-state index contributed by atoms with van der Waals surface area (Å²) >= 11 is 6.12. The van der Waals surface area contributed by atoms with Crippen LogP contribution >= 0.6 is 11.6 Å². The fraction of sp³-hybridized carbons (Fsp3) is 0.429. The second-order valence-corrected chi connectivity index (χ2v) is 9.46. The van der Waals surface area contributed by atoms with Crippen molar-refractivity contribution in [3.63, 3.8) is 0 Å². The largest absolute Gasteiger partial charge is 0.510 e. The molecule has 1 saturated heterocycles. The highest BCUT2D eigenvalue weighted by Crippen LogP contribution is 2.30. The SMILES string of the molecule is CC(OC(=O)OCC=CCOC(=O)COCCN1CCN(C(c2ccccc2)c2ccc(Cl)cc2)CC1)O[N+](=O)[O-]. The molecule has 1 fully saturated rings. The van der Waals surface area contributed by atoms with Crippen molar-refractivity contribution in [1.29, 1.82) is 0 Å². The quantitative estimate of drug-likeness (QED) is 0.0747. The summed E-state index contributed by atoms with van der Waals surface area (Å²) < 4.78 is 19.7. The molecule has 0 saturated carbocycles. The van der Waals surface area contributed by atoms with Crippen LogP contribution in [0.3, 0.4) is 0 Å². The highest BCUT2D eigenvalue weighted by atomic mass is 35.5. The number of carbonyl (C=O) groups is 2. The number of carbonyl (C=O) groups excluding carboxylic acids is 2. The molecule has 2 unspecified atom stereocenters. The maximum absolute atomic E-state index is 11.9. The van der Waals surface area contributed by atoms with Crippen LogP contribution in [0.25, 0.3) is 0 Å². The van der Waals surface area contributed by atoms with Crippen LogP contribution in [0.4, 0.5) is 4.79 Å². The van der Waals surface area contributed by atoms with Gasteiger partial charge in [-0.3, -0.25) is 14.6 Å². The fourth-order valence-corrected chi connectivity index (χ4v) is 4.36. The van der Waals surface area contributed by atoms with Crippen molar-refractivity contribution < 1.29 is 38.5 Å². The molecule has 222 valence electrons. The molecule has 13 heteroatoms. The molecule has 0 bridgehead atoms. The lowest BCUT2D eigenvalue weighted by molar-refractivity contribution is -0.777. The first-order valence-electron chi connectivity index (χ1n) is 13.1. The van der Waals surface area contributed by atoms with E-state index in [1.54, 1.807) is 0 Å². The van der Waals surface area contributed by atoms with Crippen molar-refractivity contribution in [1.82, 2.24) is 9.80 Å². The zero-order chi connectivity index (χ0) is 29.5. The van der Waals surface area contributed by atoms with Crippen LogP contribution in [0.2, 0.25) is 5.02 Å². The van der Waals surface area contributed by atoms with Crippen molar-refractivity contribution in [2.45, 2.75) is 19.3 Å². The summed E-state index contributed by atoms with van der Waals surface area (Å²) in [4.78, 5) is 42.1. The molecule has 1 heterocycles. The van der Waals surface area contributed by atoms with Crippen molar-refractivity contribution in [3.8, 4) is 0 Å². The molecule has 0 spiro atoms. The molecular formula is C28H34ClN3O9. The van der Waals surface area contributed by atoms with Gasteiger partial charge in [0.25, 0.3) is 5.09 Å². The molecule has 0 N–H and O–H groups in total. The minimum Gasteiger partial charge on any atom is -0.460 e. The summed E-state index contributed by atoms with van der Waals surface area (Å²) in [6, 6.07) is 18.6. The summed E-state index contributed by atoms with van der Waals surface area (Å²) in [5, 5.41) is 9.78. The third-order valence-electron chi connectivity index (χ3n) is 6.15. The van der Waals surface area contributed by atoms with Crippen LogP contribution in [-0.2, 0) is 28.6 Å². The Morgan fingerprint density at radius 3 is 2.27 bits per heavy atom. The van der Waals surface area contributed by atoms with Gasteiger partial charge < -0.3 is 18.9 Å². The third kappa shape index (κ3) is 11.7. The number of halogens is 1. The standard InChI is InChI=1S/C28H34ClN3O9/c1-22(41-32(35)36)40-28(34)39-19-6-5-18-38-26(33)21-37-20-17-30-13-15-31(16-14-30)27(23-7-3-2-4-8-23)24-9-11-25(29)12-10-24/h2-12,22,27H,13-21H2,1H3. The van der Waals surface area contributed by atoms with Gasteiger partial charge in [-0.2, -0.15) is 0 Å². The maximum Gasteiger partial charge on any atom is 0.510 e. The molecule has 1 aliphatic rings. The number of rotatable bonds is 15. The van der Waals surface area contributed by atoms with E-state index in [2.05, 4.69) is 60.5 Å². The Kier molecular flexibility index (Phi) is 13.3. The minimum absolute atomic E-state index is 0.0282. The lowest BCUT2D eigenvalue weighted by Gasteiger charge is -2.39. The minimum atomic E-state index is -1.39. The maximum atomic E-state index is 11.9. The second kappa shape index (κ2) is 17.2.